The molecule has 0 fully saturated rings. The van der Waals surface area contributed by atoms with Crippen molar-refractivity contribution in [2.24, 2.45) is 0 Å². The van der Waals surface area contributed by atoms with Gasteiger partial charge in [-0.2, -0.15) is 4.98 Å². The lowest BCUT2D eigenvalue weighted by atomic mass is 10.3. The summed E-state index contributed by atoms with van der Waals surface area (Å²) in [5.74, 6) is 0.194. The molecule has 1 aromatic heterocycles. The standard InChI is InChI=1S/C10H17N5O3/c1-7-8(15(16)17)9(14-10(11)13-7)12-5-3-4-6-18-2/h3-6H2,1-2H3,(H3,11,12,13,14). The third-order valence-electron chi connectivity index (χ3n) is 2.33. The Balaban J connectivity index is 2.71. The Morgan fingerprint density at radius 2 is 2.17 bits per heavy atom. The molecule has 0 bridgehead atoms. The van der Waals surface area contributed by atoms with E-state index in [-0.39, 0.29) is 23.1 Å². The van der Waals surface area contributed by atoms with Crippen LogP contribution < -0.4 is 11.1 Å². The number of hydrogen-bond donors (Lipinski definition) is 2. The van der Waals surface area contributed by atoms with Crippen molar-refractivity contribution in [3.05, 3.63) is 15.8 Å². The Hall–Kier alpha value is -1.96. The van der Waals surface area contributed by atoms with Gasteiger partial charge < -0.3 is 15.8 Å². The second-order valence-electron chi connectivity index (χ2n) is 3.75. The normalized spacial score (nSPS) is 10.3. The molecular formula is C10H17N5O3. The minimum absolute atomic E-state index is 0.0255. The van der Waals surface area contributed by atoms with E-state index in [4.69, 9.17) is 10.5 Å². The maximum atomic E-state index is 10.9. The molecule has 0 radical (unpaired) electrons. The van der Waals surface area contributed by atoms with Crippen LogP contribution in [0.5, 0.6) is 0 Å². The third kappa shape index (κ3) is 3.81. The van der Waals surface area contributed by atoms with E-state index in [1.54, 1.807) is 7.11 Å². The number of anilines is 2. The number of nitrogens with zero attached hydrogens (tertiary/aromatic N) is 3. The number of ether oxygens (including phenoxy) is 1. The monoisotopic (exact) mass is 255 g/mol. The number of methoxy groups -OCH3 is 1. The minimum Gasteiger partial charge on any atom is -0.385 e. The Labute approximate surface area is 105 Å². The summed E-state index contributed by atoms with van der Waals surface area (Å²) in [7, 11) is 1.63. The van der Waals surface area contributed by atoms with Crippen molar-refractivity contribution in [3.8, 4) is 0 Å². The summed E-state index contributed by atoms with van der Waals surface area (Å²) in [5, 5.41) is 13.8. The Morgan fingerprint density at radius 3 is 2.78 bits per heavy atom. The quantitative estimate of drug-likeness (QED) is 0.426. The summed E-state index contributed by atoms with van der Waals surface area (Å²) in [6.07, 6.45) is 1.70. The molecule has 3 N–H and O–H groups in total. The van der Waals surface area contributed by atoms with E-state index in [1.807, 2.05) is 0 Å². The molecule has 1 aromatic rings. The van der Waals surface area contributed by atoms with Gasteiger partial charge in [-0.15, -0.1) is 0 Å². The predicted octanol–water partition coefficient (Wildman–Crippen LogP) is 1.11. The number of hydrogen-bond acceptors (Lipinski definition) is 7. The second-order valence-corrected chi connectivity index (χ2v) is 3.75. The van der Waals surface area contributed by atoms with Crippen LogP contribution in [0.15, 0.2) is 0 Å². The highest BCUT2D eigenvalue weighted by molar-refractivity contribution is 5.60. The molecular weight excluding hydrogens is 238 g/mol. The minimum atomic E-state index is -0.508. The SMILES string of the molecule is COCCCCNc1nc(N)nc(C)c1[N+](=O)[O-]. The van der Waals surface area contributed by atoms with Gasteiger partial charge in [0.25, 0.3) is 0 Å². The van der Waals surface area contributed by atoms with Gasteiger partial charge in [0.05, 0.1) is 4.92 Å². The second kappa shape index (κ2) is 6.70. The zero-order valence-electron chi connectivity index (χ0n) is 10.5. The Bertz CT molecular complexity index is 424. The van der Waals surface area contributed by atoms with Gasteiger partial charge in [0.15, 0.2) is 0 Å². The molecule has 100 valence electrons. The molecule has 0 saturated carbocycles. The van der Waals surface area contributed by atoms with Gasteiger partial charge in [-0.3, -0.25) is 10.1 Å². The molecule has 1 rings (SSSR count). The van der Waals surface area contributed by atoms with E-state index in [2.05, 4.69) is 15.3 Å². The molecule has 0 aliphatic heterocycles. The number of nitrogens with two attached hydrogens (primary N) is 1. The topological polar surface area (TPSA) is 116 Å². The third-order valence-corrected chi connectivity index (χ3v) is 2.33. The predicted molar refractivity (Wildman–Crippen MR) is 67.4 cm³/mol. The average Bonchev–Trinajstić information content (AvgIpc) is 2.27. The zero-order valence-corrected chi connectivity index (χ0v) is 10.5. The van der Waals surface area contributed by atoms with E-state index in [0.29, 0.717) is 13.2 Å². The van der Waals surface area contributed by atoms with Crippen molar-refractivity contribution >= 4 is 17.5 Å². The van der Waals surface area contributed by atoms with Crippen LogP contribution in [-0.4, -0.2) is 35.2 Å². The summed E-state index contributed by atoms with van der Waals surface area (Å²) in [6.45, 7) is 2.76. The van der Waals surface area contributed by atoms with Crippen LogP contribution in [0.25, 0.3) is 0 Å². The fourth-order valence-corrected chi connectivity index (χ4v) is 1.51. The first-order valence-corrected chi connectivity index (χ1v) is 5.57. The summed E-state index contributed by atoms with van der Waals surface area (Å²) < 4.78 is 4.91. The molecule has 0 aliphatic carbocycles. The molecule has 8 heteroatoms. The Morgan fingerprint density at radius 1 is 1.44 bits per heavy atom. The number of aromatic nitrogens is 2. The van der Waals surface area contributed by atoms with Crippen LogP contribution in [0.1, 0.15) is 18.5 Å². The highest BCUT2D eigenvalue weighted by atomic mass is 16.6. The van der Waals surface area contributed by atoms with Crippen LogP contribution >= 0.6 is 0 Å². The number of nitro groups is 1. The molecule has 8 nitrogen and oxygen atoms in total. The fourth-order valence-electron chi connectivity index (χ4n) is 1.51. The maximum absolute atomic E-state index is 10.9. The van der Waals surface area contributed by atoms with E-state index < -0.39 is 4.92 Å². The molecule has 0 unspecified atom stereocenters. The van der Waals surface area contributed by atoms with Crippen LogP contribution in [0.2, 0.25) is 0 Å². The molecule has 0 saturated heterocycles. The van der Waals surface area contributed by atoms with Crippen molar-refractivity contribution in [1.82, 2.24) is 9.97 Å². The summed E-state index contributed by atoms with van der Waals surface area (Å²) >= 11 is 0. The van der Waals surface area contributed by atoms with Crippen LogP contribution in [0, 0.1) is 17.0 Å². The van der Waals surface area contributed by atoms with Crippen LogP contribution in [-0.2, 0) is 4.74 Å². The van der Waals surface area contributed by atoms with E-state index in [1.165, 1.54) is 6.92 Å². The van der Waals surface area contributed by atoms with Crippen LogP contribution in [0.4, 0.5) is 17.5 Å². The molecule has 0 amide bonds. The zero-order chi connectivity index (χ0) is 13.5. The lowest BCUT2D eigenvalue weighted by molar-refractivity contribution is -0.385. The molecule has 0 spiro atoms. The Kier molecular flexibility index (Phi) is 5.25. The first kappa shape index (κ1) is 14.1. The van der Waals surface area contributed by atoms with E-state index >= 15 is 0 Å². The fraction of sp³-hybridized carbons (Fsp3) is 0.600. The number of unbranched alkanes of at least 4 members (excludes halogenated alkanes) is 1. The van der Waals surface area contributed by atoms with Crippen molar-refractivity contribution in [2.45, 2.75) is 19.8 Å². The maximum Gasteiger partial charge on any atom is 0.332 e. The lowest BCUT2D eigenvalue weighted by Gasteiger charge is -2.07. The van der Waals surface area contributed by atoms with Crippen molar-refractivity contribution in [3.63, 3.8) is 0 Å². The summed E-state index contributed by atoms with van der Waals surface area (Å²) in [4.78, 5) is 18.0. The summed E-state index contributed by atoms with van der Waals surface area (Å²) in [5.41, 5.74) is 5.60. The van der Waals surface area contributed by atoms with Gasteiger partial charge in [-0.05, 0) is 19.8 Å². The molecule has 1 heterocycles. The lowest BCUT2D eigenvalue weighted by Crippen LogP contribution is -2.11. The number of rotatable bonds is 7. The van der Waals surface area contributed by atoms with Crippen molar-refractivity contribution < 1.29 is 9.66 Å². The number of nitrogen functional groups attached to an aromatic ring is 1. The summed E-state index contributed by atoms with van der Waals surface area (Å²) in [6, 6.07) is 0. The molecule has 0 aromatic carbocycles. The van der Waals surface area contributed by atoms with E-state index in [9.17, 15) is 10.1 Å². The van der Waals surface area contributed by atoms with Gasteiger partial charge in [0.2, 0.25) is 11.8 Å². The molecule has 0 atom stereocenters. The van der Waals surface area contributed by atoms with Crippen LogP contribution in [0.3, 0.4) is 0 Å². The highest BCUT2D eigenvalue weighted by Gasteiger charge is 2.20. The molecule has 18 heavy (non-hydrogen) atoms. The van der Waals surface area contributed by atoms with Crippen molar-refractivity contribution in [1.29, 1.82) is 0 Å². The number of nitrogens with one attached hydrogen (secondary N) is 1. The number of aryl methyl sites for hydroxylation is 1. The first-order chi connectivity index (χ1) is 8.56. The first-order valence-electron chi connectivity index (χ1n) is 5.57. The van der Waals surface area contributed by atoms with Gasteiger partial charge in [-0.1, -0.05) is 0 Å². The van der Waals surface area contributed by atoms with Crippen molar-refractivity contribution in [2.75, 3.05) is 31.3 Å². The van der Waals surface area contributed by atoms with Gasteiger partial charge in [0.1, 0.15) is 5.69 Å². The highest BCUT2D eigenvalue weighted by Crippen LogP contribution is 2.25. The van der Waals surface area contributed by atoms with Gasteiger partial charge in [0, 0.05) is 20.3 Å². The van der Waals surface area contributed by atoms with Gasteiger partial charge >= 0.3 is 5.69 Å². The smallest absolute Gasteiger partial charge is 0.332 e. The van der Waals surface area contributed by atoms with E-state index in [0.717, 1.165) is 12.8 Å². The largest absolute Gasteiger partial charge is 0.385 e. The molecule has 0 aliphatic rings. The average molecular weight is 255 g/mol. The van der Waals surface area contributed by atoms with Gasteiger partial charge in [-0.25, -0.2) is 4.98 Å².